The van der Waals surface area contributed by atoms with E-state index < -0.39 is 5.97 Å². The van der Waals surface area contributed by atoms with Gasteiger partial charge in [-0.3, -0.25) is 4.79 Å². The Kier molecular flexibility index (Phi) is 3.29. The molecule has 0 unspecified atom stereocenters. The van der Waals surface area contributed by atoms with Gasteiger partial charge >= 0.3 is 5.97 Å². The molecule has 2 rings (SSSR count). The van der Waals surface area contributed by atoms with Crippen molar-refractivity contribution in [2.75, 3.05) is 29.9 Å². The second kappa shape index (κ2) is 4.88. The Bertz CT molecular complexity index is 379. The summed E-state index contributed by atoms with van der Waals surface area (Å²) in [6, 6.07) is 8.05. The van der Waals surface area contributed by atoms with Crippen molar-refractivity contribution in [1.82, 2.24) is 0 Å². The van der Waals surface area contributed by atoms with Crippen LogP contribution in [0.5, 0.6) is 0 Å². The molecule has 0 radical (unpaired) electrons. The highest BCUT2D eigenvalue weighted by molar-refractivity contribution is 5.72. The van der Waals surface area contributed by atoms with Crippen molar-refractivity contribution in [3.63, 3.8) is 0 Å². The predicted molar refractivity (Wildman–Crippen MR) is 64.0 cm³/mol. The average Bonchev–Trinajstić information content (AvgIpc) is 2.48. The lowest BCUT2D eigenvalue weighted by molar-refractivity contribution is -0.136. The molecule has 0 amide bonds. The number of carboxylic acids is 1. The zero-order valence-corrected chi connectivity index (χ0v) is 9.15. The number of carbonyl (C=O) groups is 1. The van der Waals surface area contributed by atoms with E-state index in [1.807, 2.05) is 24.3 Å². The fourth-order valence-electron chi connectivity index (χ4n) is 1.98. The zero-order chi connectivity index (χ0) is 11.4. The van der Waals surface area contributed by atoms with Crippen molar-refractivity contribution < 1.29 is 9.90 Å². The van der Waals surface area contributed by atoms with E-state index in [0.29, 0.717) is 6.54 Å². The largest absolute Gasteiger partial charge is 0.481 e. The number of rotatable bonds is 3. The van der Waals surface area contributed by atoms with Gasteiger partial charge < -0.3 is 15.3 Å². The number of nitrogens with zero attached hydrogens (tertiary/aromatic N) is 1. The van der Waals surface area contributed by atoms with E-state index in [1.54, 1.807) is 0 Å². The molecule has 4 heteroatoms. The number of para-hydroxylation sites is 2. The Labute approximate surface area is 94.9 Å². The molecule has 1 heterocycles. The van der Waals surface area contributed by atoms with Crippen LogP contribution < -0.4 is 10.2 Å². The number of fused-ring (bicyclic) bond motifs is 1. The van der Waals surface area contributed by atoms with E-state index in [9.17, 15) is 4.79 Å². The van der Waals surface area contributed by atoms with Gasteiger partial charge in [-0.2, -0.15) is 0 Å². The number of aliphatic carboxylic acids is 1. The highest BCUT2D eigenvalue weighted by Gasteiger charge is 2.14. The molecule has 0 spiro atoms. The van der Waals surface area contributed by atoms with Crippen LogP contribution in [-0.4, -0.2) is 30.7 Å². The molecule has 0 aromatic heterocycles. The lowest BCUT2D eigenvalue weighted by atomic mass is 10.2. The van der Waals surface area contributed by atoms with Crippen molar-refractivity contribution in [2.45, 2.75) is 12.8 Å². The van der Waals surface area contributed by atoms with Crippen molar-refractivity contribution in [2.24, 2.45) is 0 Å². The normalized spacial score (nSPS) is 14.9. The minimum Gasteiger partial charge on any atom is -0.481 e. The Morgan fingerprint density at radius 1 is 1.44 bits per heavy atom. The molecule has 0 bridgehead atoms. The summed E-state index contributed by atoms with van der Waals surface area (Å²) in [5.41, 5.74) is 2.21. The van der Waals surface area contributed by atoms with Gasteiger partial charge in [0.1, 0.15) is 0 Å². The van der Waals surface area contributed by atoms with Crippen LogP contribution in [0.3, 0.4) is 0 Å². The highest BCUT2D eigenvalue weighted by Crippen LogP contribution is 2.27. The number of carboxylic acid groups (broad SMARTS) is 1. The third-order valence-electron chi connectivity index (χ3n) is 2.76. The van der Waals surface area contributed by atoms with Gasteiger partial charge in [0.15, 0.2) is 0 Å². The fourth-order valence-corrected chi connectivity index (χ4v) is 1.98. The van der Waals surface area contributed by atoms with Crippen LogP contribution in [0.1, 0.15) is 12.8 Å². The molecule has 2 N–H and O–H groups in total. The molecule has 1 aliphatic rings. The summed E-state index contributed by atoms with van der Waals surface area (Å²) in [6.45, 7) is 2.44. The van der Waals surface area contributed by atoms with E-state index in [0.717, 1.165) is 30.9 Å². The van der Waals surface area contributed by atoms with Crippen LogP contribution >= 0.6 is 0 Å². The molecule has 4 nitrogen and oxygen atoms in total. The summed E-state index contributed by atoms with van der Waals surface area (Å²) in [6.07, 6.45) is 1.22. The van der Waals surface area contributed by atoms with Crippen LogP contribution in [0.15, 0.2) is 24.3 Å². The Morgan fingerprint density at radius 2 is 2.25 bits per heavy atom. The monoisotopic (exact) mass is 220 g/mol. The third kappa shape index (κ3) is 2.45. The van der Waals surface area contributed by atoms with E-state index in [-0.39, 0.29) is 6.42 Å². The maximum Gasteiger partial charge on any atom is 0.305 e. The van der Waals surface area contributed by atoms with Crippen molar-refractivity contribution in [3.8, 4) is 0 Å². The van der Waals surface area contributed by atoms with Crippen molar-refractivity contribution in [3.05, 3.63) is 24.3 Å². The topological polar surface area (TPSA) is 52.6 Å². The molecule has 16 heavy (non-hydrogen) atoms. The quantitative estimate of drug-likeness (QED) is 0.815. The molecule has 86 valence electrons. The van der Waals surface area contributed by atoms with Crippen LogP contribution in [-0.2, 0) is 4.79 Å². The van der Waals surface area contributed by atoms with Crippen LogP contribution in [0.25, 0.3) is 0 Å². The van der Waals surface area contributed by atoms with E-state index >= 15 is 0 Å². The molecule has 0 saturated carbocycles. The summed E-state index contributed by atoms with van der Waals surface area (Å²) in [5, 5.41) is 12.1. The van der Waals surface area contributed by atoms with Crippen LogP contribution in [0, 0.1) is 0 Å². The van der Waals surface area contributed by atoms with Gasteiger partial charge in [0, 0.05) is 19.6 Å². The highest BCUT2D eigenvalue weighted by atomic mass is 16.4. The predicted octanol–water partition coefficient (Wildman–Crippen LogP) is 1.78. The first kappa shape index (κ1) is 10.8. The molecule has 0 atom stereocenters. The summed E-state index contributed by atoms with van der Waals surface area (Å²) in [7, 11) is 0. The van der Waals surface area contributed by atoms with E-state index in [4.69, 9.17) is 5.11 Å². The van der Waals surface area contributed by atoms with E-state index in [2.05, 4.69) is 10.2 Å². The standard InChI is InChI=1S/C12H16N2O2/c15-12(16)6-9-14-8-3-7-13-10-4-1-2-5-11(10)14/h1-2,4-5,13H,3,6-9H2,(H,15,16). The van der Waals surface area contributed by atoms with Gasteiger partial charge in [0.2, 0.25) is 0 Å². The number of anilines is 2. The summed E-state index contributed by atoms with van der Waals surface area (Å²) >= 11 is 0. The SMILES string of the molecule is O=C(O)CCN1CCCNc2ccccc21. The summed E-state index contributed by atoms with van der Waals surface area (Å²) < 4.78 is 0. The van der Waals surface area contributed by atoms with Gasteiger partial charge in [-0.15, -0.1) is 0 Å². The Balaban J connectivity index is 2.15. The first-order chi connectivity index (χ1) is 7.77. The number of hydrogen-bond acceptors (Lipinski definition) is 3. The minimum atomic E-state index is -0.741. The Morgan fingerprint density at radius 3 is 3.06 bits per heavy atom. The second-order valence-corrected chi connectivity index (χ2v) is 3.93. The third-order valence-corrected chi connectivity index (χ3v) is 2.76. The van der Waals surface area contributed by atoms with Gasteiger partial charge in [-0.05, 0) is 18.6 Å². The van der Waals surface area contributed by atoms with Gasteiger partial charge in [-0.25, -0.2) is 0 Å². The molecule has 0 aliphatic carbocycles. The molecule has 0 fully saturated rings. The lowest BCUT2D eigenvalue weighted by Crippen LogP contribution is -2.26. The first-order valence-electron chi connectivity index (χ1n) is 5.57. The van der Waals surface area contributed by atoms with E-state index in [1.165, 1.54) is 0 Å². The molecule has 1 aliphatic heterocycles. The number of benzene rings is 1. The van der Waals surface area contributed by atoms with Gasteiger partial charge in [-0.1, -0.05) is 12.1 Å². The maximum atomic E-state index is 10.6. The van der Waals surface area contributed by atoms with Gasteiger partial charge in [0.25, 0.3) is 0 Å². The molecule has 1 aromatic rings. The zero-order valence-electron chi connectivity index (χ0n) is 9.15. The van der Waals surface area contributed by atoms with Crippen LogP contribution in [0.2, 0.25) is 0 Å². The number of nitrogens with one attached hydrogen (secondary N) is 1. The number of hydrogen-bond donors (Lipinski definition) is 2. The van der Waals surface area contributed by atoms with Gasteiger partial charge in [0.05, 0.1) is 17.8 Å². The summed E-state index contributed by atoms with van der Waals surface area (Å²) in [4.78, 5) is 12.7. The molecule has 1 aromatic carbocycles. The van der Waals surface area contributed by atoms with Crippen molar-refractivity contribution >= 4 is 17.3 Å². The molecular weight excluding hydrogens is 204 g/mol. The fraction of sp³-hybridized carbons (Fsp3) is 0.417. The van der Waals surface area contributed by atoms with Crippen LogP contribution in [0.4, 0.5) is 11.4 Å². The maximum absolute atomic E-state index is 10.6. The Hall–Kier alpha value is -1.71. The average molecular weight is 220 g/mol. The molecule has 0 saturated heterocycles. The molecular formula is C12H16N2O2. The minimum absolute atomic E-state index is 0.189. The second-order valence-electron chi connectivity index (χ2n) is 3.93. The smallest absolute Gasteiger partial charge is 0.305 e. The lowest BCUT2D eigenvalue weighted by Gasteiger charge is -2.23. The summed E-state index contributed by atoms with van der Waals surface area (Å²) in [5.74, 6) is -0.741. The van der Waals surface area contributed by atoms with Crippen molar-refractivity contribution in [1.29, 1.82) is 0 Å². The first-order valence-corrected chi connectivity index (χ1v) is 5.57.